The Kier molecular flexibility index (Phi) is 2.69. The minimum Gasteiger partial charge on any atom is -0.375 e. The molecule has 0 saturated heterocycles. The number of thiazole rings is 1. The predicted octanol–water partition coefficient (Wildman–Crippen LogP) is 1.80. The summed E-state index contributed by atoms with van der Waals surface area (Å²) in [6, 6.07) is 6.76. The van der Waals surface area contributed by atoms with Crippen LogP contribution in [-0.4, -0.2) is 19.7 Å². The van der Waals surface area contributed by atoms with Gasteiger partial charge in [-0.2, -0.15) is 0 Å². The fourth-order valence-corrected chi connectivity index (χ4v) is 2.87. The van der Waals surface area contributed by atoms with Crippen LogP contribution >= 0.6 is 11.3 Å². The van der Waals surface area contributed by atoms with Crippen molar-refractivity contribution in [1.29, 1.82) is 0 Å². The van der Waals surface area contributed by atoms with Gasteiger partial charge in [0.05, 0.1) is 10.6 Å². The average Bonchev–Trinajstić information content (AvgIpc) is 2.64. The van der Waals surface area contributed by atoms with E-state index < -0.39 is 9.84 Å². The fraction of sp³-hybridized carbons (Fsp3) is 0.100. The third-order valence-electron chi connectivity index (χ3n) is 2.08. The molecule has 0 radical (unpaired) electrons. The monoisotopic (exact) mass is 254 g/mol. The van der Waals surface area contributed by atoms with Crippen molar-refractivity contribution in [2.24, 2.45) is 0 Å². The molecule has 6 heteroatoms. The van der Waals surface area contributed by atoms with E-state index in [2.05, 4.69) is 4.98 Å². The Morgan fingerprint density at radius 3 is 2.56 bits per heavy atom. The van der Waals surface area contributed by atoms with E-state index in [0.717, 1.165) is 0 Å². The van der Waals surface area contributed by atoms with Crippen molar-refractivity contribution in [3.8, 4) is 11.3 Å². The van der Waals surface area contributed by atoms with E-state index in [1.807, 2.05) is 0 Å². The van der Waals surface area contributed by atoms with Crippen molar-refractivity contribution in [1.82, 2.24) is 4.98 Å². The average molecular weight is 254 g/mol. The van der Waals surface area contributed by atoms with E-state index >= 15 is 0 Å². The molecule has 0 spiro atoms. The van der Waals surface area contributed by atoms with E-state index in [0.29, 0.717) is 16.4 Å². The molecule has 16 heavy (non-hydrogen) atoms. The molecular formula is C10H10N2O2S2. The standard InChI is InChI=1S/C10H10N2O2S2/c1-16(13,14)9-5-3-2-4-7(9)8-6-15-10(11)12-8/h2-6H,1H3,(H2,11,12). The Labute approximate surface area is 97.7 Å². The van der Waals surface area contributed by atoms with Crippen LogP contribution < -0.4 is 5.73 Å². The number of aromatic nitrogens is 1. The van der Waals surface area contributed by atoms with Gasteiger partial charge < -0.3 is 5.73 Å². The maximum absolute atomic E-state index is 11.6. The van der Waals surface area contributed by atoms with Crippen LogP contribution in [0.1, 0.15) is 0 Å². The zero-order valence-corrected chi connectivity index (χ0v) is 10.2. The van der Waals surface area contributed by atoms with Gasteiger partial charge in [-0.05, 0) is 6.07 Å². The number of rotatable bonds is 2. The topological polar surface area (TPSA) is 73.0 Å². The number of sulfone groups is 1. The molecule has 0 saturated carbocycles. The lowest BCUT2D eigenvalue weighted by molar-refractivity contribution is 0.602. The first kappa shape index (κ1) is 11.1. The third-order valence-corrected chi connectivity index (χ3v) is 3.91. The highest BCUT2D eigenvalue weighted by atomic mass is 32.2. The van der Waals surface area contributed by atoms with E-state index in [4.69, 9.17) is 5.73 Å². The fourth-order valence-electron chi connectivity index (χ4n) is 1.41. The van der Waals surface area contributed by atoms with Crippen LogP contribution in [0.15, 0.2) is 34.5 Å². The molecule has 2 rings (SSSR count). The van der Waals surface area contributed by atoms with Gasteiger partial charge in [0.15, 0.2) is 15.0 Å². The maximum Gasteiger partial charge on any atom is 0.180 e. The van der Waals surface area contributed by atoms with Crippen molar-refractivity contribution in [2.75, 3.05) is 12.0 Å². The number of nitrogens with two attached hydrogens (primary N) is 1. The summed E-state index contributed by atoms with van der Waals surface area (Å²) in [4.78, 5) is 4.37. The van der Waals surface area contributed by atoms with Crippen LogP contribution in [-0.2, 0) is 9.84 Å². The highest BCUT2D eigenvalue weighted by Crippen LogP contribution is 2.28. The van der Waals surface area contributed by atoms with Crippen LogP contribution in [0.3, 0.4) is 0 Å². The number of anilines is 1. The second-order valence-corrected chi connectivity index (χ2v) is 6.21. The largest absolute Gasteiger partial charge is 0.375 e. The molecule has 1 aromatic carbocycles. The molecule has 1 heterocycles. The number of hydrogen-bond acceptors (Lipinski definition) is 5. The van der Waals surface area contributed by atoms with E-state index in [9.17, 15) is 8.42 Å². The summed E-state index contributed by atoms with van der Waals surface area (Å²) in [5.74, 6) is 0. The third kappa shape index (κ3) is 2.07. The minimum absolute atomic E-state index is 0.278. The summed E-state index contributed by atoms with van der Waals surface area (Å²) in [6.45, 7) is 0. The second-order valence-electron chi connectivity index (χ2n) is 3.34. The van der Waals surface area contributed by atoms with Crippen LogP contribution in [0.2, 0.25) is 0 Å². The summed E-state index contributed by atoms with van der Waals surface area (Å²) in [6.07, 6.45) is 1.18. The molecule has 0 aliphatic carbocycles. The van der Waals surface area contributed by atoms with Crippen molar-refractivity contribution in [3.05, 3.63) is 29.6 Å². The highest BCUT2D eigenvalue weighted by molar-refractivity contribution is 7.90. The molecule has 4 nitrogen and oxygen atoms in total. The maximum atomic E-state index is 11.6. The number of hydrogen-bond donors (Lipinski definition) is 1. The normalized spacial score (nSPS) is 11.6. The van der Waals surface area contributed by atoms with E-state index in [1.165, 1.54) is 17.6 Å². The smallest absolute Gasteiger partial charge is 0.180 e. The lowest BCUT2D eigenvalue weighted by atomic mass is 10.2. The van der Waals surface area contributed by atoms with Crippen molar-refractivity contribution < 1.29 is 8.42 Å². The summed E-state index contributed by atoms with van der Waals surface area (Å²) >= 11 is 1.29. The van der Waals surface area contributed by atoms with Gasteiger partial charge in [-0.25, -0.2) is 13.4 Å². The Morgan fingerprint density at radius 2 is 2.00 bits per heavy atom. The zero-order chi connectivity index (χ0) is 11.8. The zero-order valence-electron chi connectivity index (χ0n) is 8.54. The Hall–Kier alpha value is -1.40. The molecule has 0 aliphatic heterocycles. The summed E-state index contributed by atoms with van der Waals surface area (Å²) in [7, 11) is -3.25. The quantitative estimate of drug-likeness (QED) is 0.886. The van der Waals surface area contributed by atoms with Crippen molar-refractivity contribution >= 4 is 26.3 Å². The van der Waals surface area contributed by atoms with Gasteiger partial charge in [0, 0.05) is 17.2 Å². The first-order chi connectivity index (χ1) is 7.48. The molecular weight excluding hydrogens is 244 g/mol. The molecule has 0 unspecified atom stereocenters. The first-order valence-corrected chi connectivity index (χ1v) is 7.26. The molecule has 2 aromatic rings. The van der Waals surface area contributed by atoms with Gasteiger partial charge in [-0.1, -0.05) is 18.2 Å². The van der Waals surface area contributed by atoms with Gasteiger partial charge in [-0.3, -0.25) is 0 Å². The van der Waals surface area contributed by atoms with Crippen molar-refractivity contribution in [2.45, 2.75) is 4.90 Å². The van der Waals surface area contributed by atoms with Crippen LogP contribution in [0.25, 0.3) is 11.3 Å². The highest BCUT2D eigenvalue weighted by Gasteiger charge is 2.15. The molecule has 0 amide bonds. The number of nitrogens with zero attached hydrogens (tertiary/aromatic N) is 1. The molecule has 2 N–H and O–H groups in total. The summed E-state index contributed by atoms with van der Waals surface area (Å²) in [5.41, 5.74) is 6.73. The molecule has 0 fully saturated rings. The molecule has 84 valence electrons. The summed E-state index contributed by atoms with van der Waals surface area (Å²) < 4.78 is 23.2. The first-order valence-electron chi connectivity index (χ1n) is 4.49. The Morgan fingerprint density at radius 1 is 1.31 bits per heavy atom. The minimum atomic E-state index is -3.25. The Bertz CT molecular complexity index is 617. The Balaban J connectivity index is 2.66. The lowest BCUT2D eigenvalue weighted by Gasteiger charge is -2.04. The van der Waals surface area contributed by atoms with E-state index in [-0.39, 0.29) is 4.90 Å². The van der Waals surface area contributed by atoms with Gasteiger partial charge in [0.1, 0.15) is 0 Å². The van der Waals surface area contributed by atoms with Crippen LogP contribution in [0, 0.1) is 0 Å². The van der Waals surface area contributed by atoms with Crippen molar-refractivity contribution in [3.63, 3.8) is 0 Å². The predicted molar refractivity (Wildman–Crippen MR) is 65.1 cm³/mol. The lowest BCUT2D eigenvalue weighted by Crippen LogP contribution is -1.99. The van der Waals surface area contributed by atoms with Gasteiger partial charge in [0.25, 0.3) is 0 Å². The van der Waals surface area contributed by atoms with Gasteiger partial charge in [-0.15, -0.1) is 11.3 Å². The molecule has 0 aliphatic rings. The number of benzene rings is 1. The van der Waals surface area contributed by atoms with Crippen LogP contribution in [0.5, 0.6) is 0 Å². The van der Waals surface area contributed by atoms with Gasteiger partial charge >= 0.3 is 0 Å². The molecule has 1 aromatic heterocycles. The van der Waals surface area contributed by atoms with Crippen LogP contribution in [0.4, 0.5) is 5.13 Å². The van der Waals surface area contributed by atoms with E-state index in [1.54, 1.807) is 29.6 Å². The summed E-state index contributed by atoms with van der Waals surface area (Å²) in [5, 5.41) is 2.18. The SMILES string of the molecule is CS(=O)(=O)c1ccccc1-c1csc(N)n1. The molecule has 0 atom stereocenters. The molecule has 0 bridgehead atoms. The van der Waals surface area contributed by atoms with Gasteiger partial charge in [0.2, 0.25) is 0 Å². The second kappa shape index (κ2) is 3.88. The number of nitrogen functional groups attached to an aromatic ring is 1.